The van der Waals surface area contributed by atoms with E-state index in [0.717, 1.165) is 6.92 Å². The molecule has 2 N–H and O–H groups in total. The first-order chi connectivity index (χ1) is 6.50. The van der Waals surface area contributed by atoms with Gasteiger partial charge in [0.2, 0.25) is 0 Å². The number of fused-ring (bicyclic) bond motifs is 1. The van der Waals surface area contributed by atoms with E-state index in [1.54, 1.807) is 12.1 Å². The summed E-state index contributed by atoms with van der Waals surface area (Å²) >= 11 is 0. The van der Waals surface area contributed by atoms with Gasteiger partial charge < -0.3 is 10.4 Å². The Kier molecular flexibility index (Phi) is 1.87. The predicted octanol–water partition coefficient (Wildman–Crippen LogP) is 2.56. The number of alkyl halides is 2. The Bertz CT molecular complexity index is 360. The second-order valence-electron chi connectivity index (χ2n) is 3.63. The van der Waals surface area contributed by atoms with Gasteiger partial charge in [-0.25, -0.2) is 8.78 Å². The number of phenolic OH excluding ortho intramolecular Hbond substituents is 1. The lowest BCUT2D eigenvalue weighted by molar-refractivity contribution is -0.00185. The second-order valence-corrected chi connectivity index (χ2v) is 3.63. The lowest BCUT2D eigenvalue weighted by Crippen LogP contribution is -2.23. The average Bonchev–Trinajstić information content (AvgIpc) is 2.47. The molecule has 1 unspecified atom stereocenters. The topological polar surface area (TPSA) is 32.3 Å². The summed E-state index contributed by atoms with van der Waals surface area (Å²) in [6.45, 7) is 1.08. The van der Waals surface area contributed by atoms with Gasteiger partial charge in [0, 0.05) is 13.5 Å². The van der Waals surface area contributed by atoms with Crippen molar-refractivity contribution >= 4 is 5.69 Å². The Hall–Kier alpha value is -1.32. The van der Waals surface area contributed by atoms with Gasteiger partial charge >= 0.3 is 0 Å². The molecule has 0 saturated heterocycles. The minimum Gasteiger partial charge on any atom is -0.506 e. The van der Waals surface area contributed by atoms with Gasteiger partial charge in [0.15, 0.2) is 0 Å². The first kappa shape index (κ1) is 9.24. The van der Waals surface area contributed by atoms with E-state index in [1.807, 2.05) is 0 Å². The Morgan fingerprint density at radius 1 is 1.50 bits per heavy atom. The van der Waals surface area contributed by atoms with Crippen LogP contribution in [0, 0.1) is 0 Å². The molecule has 1 aliphatic rings. The number of hydrogen-bond donors (Lipinski definition) is 2. The molecule has 2 nitrogen and oxygen atoms in total. The molecular weight excluding hydrogens is 188 g/mol. The molecule has 76 valence electrons. The molecule has 0 bridgehead atoms. The van der Waals surface area contributed by atoms with Gasteiger partial charge in [-0.1, -0.05) is 12.1 Å². The van der Waals surface area contributed by atoms with Gasteiger partial charge in [-0.05, 0) is 11.6 Å². The van der Waals surface area contributed by atoms with Crippen molar-refractivity contribution in [1.82, 2.24) is 0 Å². The van der Waals surface area contributed by atoms with E-state index in [2.05, 4.69) is 5.32 Å². The molecule has 0 aliphatic carbocycles. The van der Waals surface area contributed by atoms with Crippen molar-refractivity contribution in [1.29, 1.82) is 0 Å². The number of benzene rings is 1. The Morgan fingerprint density at radius 3 is 2.86 bits per heavy atom. The molecule has 0 amide bonds. The van der Waals surface area contributed by atoms with Crippen molar-refractivity contribution in [3.8, 4) is 5.75 Å². The van der Waals surface area contributed by atoms with E-state index < -0.39 is 11.8 Å². The van der Waals surface area contributed by atoms with Crippen LogP contribution in [0.25, 0.3) is 0 Å². The van der Waals surface area contributed by atoms with E-state index >= 15 is 0 Å². The number of halogens is 2. The van der Waals surface area contributed by atoms with Gasteiger partial charge in [0.1, 0.15) is 5.75 Å². The summed E-state index contributed by atoms with van der Waals surface area (Å²) in [5.41, 5.74) is 0.941. The summed E-state index contributed by atoms with van der Waals surface area (Å²) in [6, 6.07) is 4.69. The third-order valence-corrected chi connectivity index (χ3v) is 2.54. The maximum atomic E-state index is 13.1. The summed E-state index contributed by atoms with van der Waals surface area (Å²) in [6.07, 6.45) is 0. The Balaban J connectivity index is 2.45. The minimum atomic E-state index is -2.76. The molecule has 1 aromatic carbocycles. The highest BCUT2D eigenvalue weighted by molar-refractivity contribution is 5.66. The van der Waals surface area contributed by atoms with Crippen molar-refractivity contribution in [3.63, 3.8) is 0 Å². The van der Waals surface area contributed by atoms with E-state index in [4.69, 9.17) is 0 Å². The van der Waals surface area contributed by atoms with Gasteiger partial charge in [-0.2, -0.15) is 0 Å². The number of aromatic hydroxyl groups is 1. The van der Waals surface area contributed by atoms with E-state index in [1.165, 1.54) is 6.07 Å². The molecule has 1 atom stereocenters. The summed E-state index contributed by atoms with van der Waals surface area (Å²) in [7, 11) is 0. The number of hydrogen-bond acceptors (Lipinski definition) is 2. The summed E-state index contributed by atoms with van der Waals surface area (Å²) in [5.74, 6) is -3.56. The van der Waals surface area contributed by atoms with E-state index in [9.17, 15) is 13.9 Å². The highest BCUT2D eigenvalue weighted by Crippen LogP contribution is 2.44. The number of anilines is 1. The quantitative estimate of drug-likeness (QED) is 0.681. The molecule has 0 saturated carbocycles. The zero-order chi connectivity index (χ0) is 10.3. The van der Waals surface area contributed by atoms with Crippen molar-refractivity contribution in [3.05, 3.63) is 23.8 Å². The number of phenols is 1. The standard InChI is InChI=1S/C10H11F2NO/c1-10(11,12)7-5-13-9-6(7)3-2-4-8(9)14/h2-4,7,13-14H,5H2,1H3. The smallest absolute Gasteiger partial charge is 0.253 e. The molecule has 0 radical (unpaired) electrons. The molecule has 0 spiro atoms. The number of nitrogens with one attached hydrogen (secondary N) is 1. The van der Waals surface area contributed by atoms with E-state index in [-0.39, 0.29) is 12.3 Å². The van der Waals surface area contributed by atoms with Crippen LogP contribution < -0.4 is 5.32 Å². The Labute approximate surface area is 80.6 Å². The van der Waals surface area contributed by atoms with Crippen LogP contribution in [0.4, 0.5) is 14.5 Å². The van der Waals surface area contributed by atoms with Gasteiger partial charge in [-0.3, -0.25) is 0 Å². The predicted molar refractivity (Wildman–Crippen MR) is 50.0 cm³/mol. The maximum Gasteiger partial charge on any atom is 0.253 e. The number of para-hydroxylation sites is 1. The molecule has 1 heterocycles. The zero-order valence-electron chi connectivity index (χ0n) is 7.72. The summed E-state index contributed by atoms with van der Waals surface area (Å²) < 4.78 is 26.2. The monoisotopic (exact) mass is 199 g/mol. The summed E-state index contributed by atoms with van der Waals surface area (Å²) in [4.78, 5) is 0. The summed E-state index contributed by atoms with van der Waals surface area (Å²) in [5, 5.41) is 12.2. The molecule has 0 aromatic heterocycles. The van der Waals surface area contributed by atoms with Crippen molar-refractivity contribution < 1.29 is 13.9 Å². The van der Waals surface area contributed by atoms with Crippen LogP contribution in [0.1, 0.15) is 18.4 Å². The third-order valence-electron chi connectivity index (χ3n) is 2.54. The van der Waals surface area contributed by atoms with Crippen LogP contribution in [-0.2, 0) is 0 Å². The highest BCUT2D eigenvalue weighted by atomic mass is 19.3. The van der Waals surface area contributed by atoms with Crippen molar-refractivity contribution in [2.75, 3.05) is 11.9 Å². The molecular formula is C10H11F2NO. The van der Waals surface area contributed by atoms with Crippen molar-refractivity contribution in [2.24, 2.45) is 0 Å². The first-order valence-corrected chi connectivity index (χ1v) is 4.43. The van der Waals surface area contributed by atoms with Crippen LogP contribution in [0.5, 0.6) is 5.75 Å². The Morgan fingerprint density at radius 2 is 2.21 bits per heavy atom. The fourth-order valence-corrected chi connectivity index (χ4v) is 1.81. The SMILES string of the molecule is CC(F)(F)C1CNc2c(O)cccc21. The van der Waals surface area contributed by atoms with Crippen LogP contribution in [0.2, 0.25) is 0 Å². The minimum absolute atomic E-state index is 0.0363. The van der Waals surface area contributed by atoms with Crippen LogP contribution in [0.3, 0.4) is 0 Å². The lowest BCUT2D eigenvalue weighted by atomic mass is 9.95. The average molecular weight is 199 g/mol. The van der Waals surface area contributed by atoms with Gasteiger partial charge in [0.05, 0.1) is 11.6 Å². The fourth-order valence-electron chi connectivity index (χ4n) is 1.81. The van der Waals surface area contributed by atoms with Gasteiger partial charge in [-0.15, -0.1) is 0 Å². The fraction of sp³-hybridized carbons (Fsp3) is 0.400. The lowest BCUT2D eigenvalue weighted by Gasteiger charge is -2.18. The first-order valence-electron chi connectivity index (χ1n) is 4.43. The largest absolute Gasteiger partial charge is 0.506 e. The molecule has 14 heavy (non-hydrogen) atoms. The van der Waals surface area contributed by atoms with Crippen LogP contribution in [0.15, 0.2) is 18.2 Å². The van der Waals surface area contributed by atoms with Crippen LogP contribution in [-0.4, -0.2) is 17.6 Å². The number of rotatable bonds is 1. The third kappa shape index (κ3) is 1.31. The zero-order valence-corrected chi connectivity index (χ0v) is 7.72. The molecule has 0 fully saturated rings. The highest BCUT2D eigenvalue weighted by Gasteiger charge is 2.40. The molecule has 1 aromatic rings. The molecule has 2 rings (SSSR count). The van der Waals surface area contributed by atoms with Crippen LogP contribution >= 0.6 is 0 Å². The maximum absolute atomic E-state index is 13.1. The van der Waals surface area contributed by atoms with Gasteiger partial charge in [0.25, 0.3) is 5.92 Å². The van der Waals surface area contributed by atoms with E-state index in [0.29, 0.717) is 11.3 Å². The van der Waals surface area contributed by atoms with Crippen molar-refractivity contribution in [2.45, 2.75) is 18.8 Å². The normalized spacial score (nSPS) is 20.4. The molecule has 4 heteroatoms. The molecule has 1 aliphatic heterocycles. The second kappa shape index (κ2) is 2.83.